The van der Waals surface area contributed by atoms with Gasteiger partial charge in [0, 0.05) is 7.05 Å². The van der Waals surface area contributed by atoms with Crippen molar-refractivity contribution in [3.05, 3.63) is 71.8 Å². The van der Waals surface area contributed by atoms with E-state index in [9.17, 15) is 9.59 Å². The van der Waals surface area contributed by atoms with Crippen LogP contribution in [0.1, 0.15) is 23.2 Å². The van der Waals surface area contributed by atoms with Crippen LogP contribution in [0.25, 0.3) is 0 Å². The summed E-state index contributed by atoms with van der Waals surface area (Å²) < 4.78 is 0. The molecule has 1 aliphatic heterocycles. The fraction of sp³-hybridized carbons (Fsp3) is 0.222. The molecule has 1 fully saturated rings. The quantitative estimate of drug-likeness (QED) is 0.808. The first kappa shape index (κ1) is 15.6. The molecule has 2 atom stereocenters. The maximum absolute atomic E-state index is 12.6. The van der Waals surface area contributed by atoms with Gasteiger partial charge in [-0.05, 0) is 11.1 Å². The number of hydrogen-bond donors (Lipinski definition) is 0. The van der Waals surface area contributed by atoms with Gasteiger partial charge < -0.3 is 4.90 Å². The number of carbonyl (C=O) groups excluding carboxylic acids is 2. The topological polar surface area (TPSA) is 40.6 Å². The molecule has 0 N–H and O–H groups in total. The van der Waals surface area contributed by atoms with Crippen LogP contribution in [0, 0.1) is 0 Å². The van der Waals surface area contributed by atoms with Gasteiger partial charge >= 0.3 is 6.03 Å². The summed E-state index contributed by atoms with van der Waals surface area (Å²) in [5.41, 5.74) is 1.90. The van der Waals surface area contributed by atoms with Gasteiger partial charge in [0.2, 0.25) is 5.91 Å². The van der Waals surface area contributed by atoms with Crippen LogP contribution in [0.2, 0.25) is 0 Å². The van der Waals surface area contributed by atoms with Gasteiger partial charge in [-0.2, -0.15) is 0 Å². The normalized spacial score (nSPS) is 20.9. The molecule has 0 saturated carbocycles. The lowest BCUT2D eigenvalue weighted by molar-refractivity contribution is -0.126. The van der Waals surface area contributed by atoms with E-state index < -0.39 is 0 Å². The first-order valence-electron chi connectivity index (χ1n) is 7.40. The Morgan fingerprint density at radius 3 is 1.91 bits per heavy atom. The van der Waals surface area contributed by atoms with Crippen LogP contribution < -0.4 is 0 Å². The molecule has 0 bridgehead atoms. The van der Waals surface area contributed by atoms with Crippen LogP contribution in [0.3, 0.4) is 0 Å². The van der Waals surface area contributed by atoms with Gasteiger partial charge in [0.25, 0.3) is 0 Å². The minimum atomic E-state index is -0.387. The Bertz CT molecular complexity index is 705. The molecule has 1 aliphatic rings. The van der Waals surface area contributed by atoms with Crippen LogP contribution in [0.15, 0.2) is 60.7 Å². The Morgan fingerprint density at radius 1 is 0.957 bits per heavy atom. The summed E-state index contributed by atoms with van der Waals surface area (Å²) in [4.78, 5) is 27.8. The summed E-state index contributed by atoms with van der Waals surface area (Å²) in [6.45, 7) is 0. The van der Waals surface area contributed by atoms with Crippen molar-refractivity contribution in [3.8, 4) is 0 Å². The van der Waals surface area contributed by atoms with Crippen molar-refractivity contribution < 1.29 is 9.59 Å². The van der Waals surface area contributed by atoms with Gasteiger partial charge in [-0.1, -0.05) is 60.7 Å². The number of benzene rings is 2. The highest BCUT2D eigenvalue weighted by Gasteiger charge is 2.47. The van der Waals surface area contributed by atoms with Crippen LogP contribution in [-0.2, 0) is 4.79 Å². The maximum atomic E-state index is 12.6. The number of likely N-dealkylation sites (N-methyl/N-ethyl adjacent to an activating group) is 1. The van der Waals surface area contributed by atoms with E-state index in [0.29, 0.717) is 0 Å². The Kier molecular flexibility index (Phi) is 4.35. The van der Waals surface area contributed by atoms with Crippen molar-refractivity contribution in [1.29, 1.82) is 0 Å². The monoisotopic (exact) mass is 328 g/mol. The van der Waals surface area contributed by atoms with E-state index in [1.807, 2.05) is 60.7 Å². The summed E-state index contributed by atoms with van der Waals surface area (Å²) >= 11 is 5.73. The first-order valence-corrected chi connectivity index (χ1v) is 7.93. The zero-order valence-corrected chi connectivity index (χ0v) is 13.5. The summed E-state index contributed by atoms with van der Waals surface area (Å²) in [6, 6.07) is 18.4. The molecule has 0 aromatic heterocycles. The third-order valence-electron chi connectivity index (χ3n) is 4.17. The minimum Gasteiger partial charge on any atom is -0.318 e. The molecule has 23 heavy (non-hydrogen) atoms. The molecule has 118 valence electrons. The summed E-state index contributed by atoms with van der Waals surface area (Å²) in [5, 5.41) is 0. The second kappa shape index (κ2) is 6.42. The minimum absolute atomic E-state index is 0.218. The molecule has 2 aromatic carbocycles. The maximum Gasteiger partial charge on any atom is 0.327 e. The van der Waals surface area contributed by atoms with Gasteiger partial charge in [0.15, 0.2) is 0 Å². The molecule has 1 saturated heterocycles. The molecule has 3 rings (SSSR count). The lowest BCUT2D eigenvalue weighted by Crippen LogP contribution is -2.37. The Hall–Kier alpha value is -2.33. The lowest BCUT2D eigenvalue weighted by Gasteiger charge is -2.26. The molecule has 0 radical (unpaired) electrons. The van der Waals surface area contributed by atoms with Gasteiger partial charge in [-0.3, -0.25) is 9.69 Å². The average molecular weight is 329 g/mol. The molecule has 3 amide bonds. The molecule has 0 spiro atoms. The number of halogens is 1. The van der Waals surface area contributed by atoms with Crippen LogP contribution in [0.5, 0.6) is 0 Å². The van der Waals surface area contributed by atoms with E-state index in [2.05, 4.69) is 0 Å². The van der Waals surface area contributed by atoms with Crippen molar-refractivity contribution in [1.82, 2.24) is 9.80 Å². The van der Waals surface area contributed by atoms with E-state index in [1.165, 1.54) is 4.90 Å². The standard InChI is InChI=1S/C18H17ClN2O2/c1-20-16(13-8-4-2-5-9-13)17(14-10-6-3-7-11-14)21(18(20)23)15(22)12-19/h2-11,16-17H,12H2,1H3/t16-,17-/m0/s1. The number of hydrogen-bond acceptors (Lipinski definition) is 2. The van der Waals surface area contributed by atoms with Gasteiger partial charge in [-0.15, -0.1) is 11.6 Å². The molecule has 0 aliphatic carbocycles. The second-order valence-corrected chi connectivity index (χ2v) is 5.77. The highest BCUT2D eigenvalue weighted by atomic mass is 35.5. The molecule has 4 nitrogen and oxygen atoms in total. The smallest absolute Gasteiger partial charge is 0.318 e. The van der Waals surface area contributed by atoms with Gasteiger partial charge in [0.05, 0.1) is 12.1 Å². The molecule has 1 heterocycles. The predicted molar refractivity (Wildman–Crippen MR) is 89.1 cm³/mol. The number of carbonyl (C=O) groups is 2. The highest BCUT2D eigenvalue weighted by Crippen LogP contribution is 2.44. The van der Waals surface area contributed by atoms with Crippen LogP contribution in [-0.4, -0.2) is 34.7 Å². The number of imide groups is 1. The van der Waals surface area contributed by atoms with E-state index in [4.69, 9.17) is 11.6 Å². The summed E-state index contributed by atoms with van der Waals surface area (Å²) in [6.07, 6.45) is 0. The second-order valence-electron chi connectivity index (χ2n) is 5.50. The van der Waals surface area contributed by atoms with E-state index in [0.717, 1.165) is 11.1 Å². The Labute approximate surface area is 140 Å². The number of amides is 3. The van der Waals surface area contributed by atoms with Gasteiger partial charge in [0.1, 0.15) is 5.88 Å². The fourth-order valence-electron chi connectivity index (χ4n) is 3.12. The number of rotatable bonds is 3. The summed E-state index contributed by atoms with van der Waals surface area (Å²) in [7, 11) is 1.72. The largest absolute Gasteiger partial charge is 0.327 e. The molecular formula is C18H17ClN2O2. The molecular weight excluding hydrogens is 312 g/mol. The van der Waals surface area contributed by atoms with Crippen molar-refractivity contribution in [3.63, 3.8) is 0 Å². The van der Waals surface area contributed by atoms with Crippen molar-refractivity contribution in [2.45, 2.75) is 12.1 Å². The van der Waals surface area contributed by atoms with Crippen LogP contribution >= 0.6 is 11.6 Å². The van der Waals surface area contributed by atoms with Crippen LogP contribution in [0.4, 0.5) is 4.79 Å². The first-order chi connectivity index (χ1) is 11.1. The predicted octanol–water partition coefficient (Wildman–Crippen LogP) is 3.60. The van der Waals surface area contributed by atoms with Crippen molar-refractivity contribution in [2.24, 2.45) is 0 Å². The third-order valence-corrected chi connectivity index (χ3v) is 4.40. The average Bonchev–Trinajstić information content (AvgIpc) is 2.87. The lowest BCUT2D eigenvalue weighted by atomic mass is 9.93. The third kappa shape index (κ3) is 2.70. The number of urea groups is 1. The summed E-state index contributed by atoms with van der Waals surface area (Å²) in [5.74, 6) is -0.597. The van der Waals surface area contributed by atoms with Crippen molar-refractivity contribution >= 4 is 23.5 Å². The zero-order valence-electron chi connectivity index (χ0n) is 12.7. The molecule has 5 heteroatoms. The molecule has 0 unspecified atom stereocenters. The van der Waals surface area contributed by atoms with Crippen molar-refractivity contribution in [2.75, 3.05) is 12.9 Å². The van der Waals surface area contributed by atoms with E-state index in [-0.39, 0.29) is 29.9 Å². The zero-order chi connectivity index (χ0) is 16.4. The van der Waals surface area contributed by atoms with E-state index >= 15 is 0 Å². The fourth-order valence-corrected chi connectivity index (χ4v) is 3.25. The Balaban J connectivity index is 2.13. The Morgan fingerprint density at radius 2 is 1.43 bits per heavy atom. The van der Waals surface area contributed by atoms with E-state index in [1.54, 1.807) is 11.9 Å². The molecule has 2 aromatic rings. The number of nitrogens with zero attached hydrogens (tertiary/aromatic N) is 2. The number of alkyl halides is 1. The highest BCUT2D eigenvalue weighted by molar-refractivity contribution is 6.28. The SMILES string of the molecule is CN1C(=O)N(C(=O)CCl)[C@@H](c2ccccc2)[C@@H]1c1ccccc1. The van der Waals surface area contributed by atoms with Gasteiger partial charge in [-0.25, -0.2) is 4.79 Å².